The van der Waals surface area contributed by atoms with Crippen LogP contribution in [-0.2, 0) is 13.2 Å². The lowest BCUT2D eigenvalue weighted by molar-refractivity contribution is 0.309. The number of nitrogens with one attached hydrogen (secondary N) is 1. The molecule has 0 spiro atoms. The number of hydrogen-bond acceptors (Lipinski definition) is 3. The normalized spacial score (nSPS) is 10.8. The summed E-state index contributed by atoms with van der Waals surface area (Å²) in [6, 6.07) is 12.9. The molecule has 0 fully saturated rings. The van der Waals surface area contributed by atoms with Crippen LogP contribution in [0, 0.1) is 0 Å². The van der Waals surface area contributed by atoms with E-state index in [1.807, 2.05) is 18.2 Å². The van der Waals surface area contributed by atoms with Gasteiger partial charge in [0.05, 0.1) is 0 Å². The Kier molecular flexibility index (Phi) is 4.79. The lowest BCUT2D eigenvalue weighted by atomic mass is 10.2. The average Bonchev–Trinajstić information content (AvgIpc) is 2.87. The van der Waals surface area contributed by atoms with Crippen molar-refractivity contribution < 1.29 is 4.74 Å². The fourth-order valence-electron chi connectivity index (χ4n) is 1.62. The number of rotatable bonds is 6. The van der Waals surface area contributed by atoms with Gasteiger partial charge in [-0.1, -0.05) is 32.0 Å². The van der Waals surface area contributed by atoms with Gasteiger partial charge >= 0.3 is 0 Å². The predicted octanol–water partition coefficient (Wildman–Crippen LogP) is 3.83. The number of ether oxygens (including phenoxy) is 1. The molecule has 1 heterocycles. The molecule has 0 bridgehead atoms. The Labute approximate surface area is 113 Å². The number of thiophene rings is 1. The number of benzene rings is 1. The van der Waals surface area contributed by atoms with E-state index < -0.39 is 0 Å². The first-order valence-corrected chi connectivity index (χ1v) is 7.09. The Bertz CT molecular complexity index is 465. The molecule has 1 aromatic heterocycles. The second kappa shape index (κ2) is 6.57. The van der Waals surface area contributed by atoms with Crippen LogP contribution in [0.2, 0.25) is 0 Å². The first-order valence-electron chi connectivity index (χ1n) is 6.21. The second-order valence-electron chi connectivity index (χ2n) is 4.55. The van der Waals surface area contributed by atoms with Crippen LogP contribution in [0.15, 0.2) is 41.8 Å². The summed E-state index contributed by atoms with van der Waals surface area (Å²) in [7, 11) is 0. The summed E-state index contributed by atoms with van der Waals surface area (Å²) >= 11 is 1.72. The van der Waals surface area contributed by atoms with Gasteiger partial charge in [0.1, 0.15) is 12.4 Å². The molecule has 2 nitrogen and oxygen atoms in total. The highest BCUT2D eigenvalue weighted by Crippen LogP contribution is 2.17. The van der Waals surface area contributed by atoms with Gasteiger partial charge in [0.25, 0.3) is 0 Å². The van der Waals surface area contributed by atoms with E-state index in [0.717, 1.165) is 12.3 Å². The molecule has 0 saturated heterocycles. The summed E-state index contributed by atoms with van der Waals surface area (Å²) in [6.45, 7) is 5.83. The van der Waals surface area contributed by atoms with Gasteiger partial charge in [0.2, 0.25) is 0 Å². The highest BCUT2D eigenvalue weighted by molar-refractivity contribution is 7.09. The first-order chi connectivity index (χ1) is 8.74. The minimum absolute atomic E-state index is 0.501. The molecule has 1 N–H and O–H groups in total. The van der Waals surface area contributed by atoms with E-state index in [4.69, 9.17) is 4.74 Å². The average molecular weight is 261 g/mol. The minimum atomic E-state index is 0.501. The smallest absolute Gasteiger partial charge is 0.122 e. The zero-order chi connectivity index (χ0) is 12.8. The third kappa shape index (κ3) is 4.17. The standard InChI is InChI=1S/C15H19NOS/c1-12(2)16-10-13-5-3-6-14(9-13)17-11-15-7-4-8-18-15/h3-9,12,16H,10-11H2,1-2H3. The van der Waals surface area contributed by atoms with Gasteiger partial charge in [-0.25, -0.2) is 0 Å². The minimum Gasteiger partial charge on any atom is -0.488 e. The third-order valence-electron chi connectivity index (χ3n) is 2.57. The molecule has 0 unspecified atom stereocenters. The summed E-state index contributed by atoms with van der Waals surface area (Å²) in [6.07, 6.45) is 0. The van der Waals surface area contributed by atoms with E-state index >= 15 is 0 Å². The molecule has 18 heavy (non-hydrogen) atoms. The SMILES string of the molecule is CC(C)NCc1cccc(OCc2cccs2)c1. The van der Waals surface area contributed by atoms with Crippen molar-refractivity contribution in [2.75, 3.05) is 0 Å². The van der Waals surface area contributed by atoms with E-state index in [-0.39, 0.29) is 0 Å². The first kappa shape index (κ1) is 13.1. The van der Waals surface area contributed by atoms with Crippen LogP contribution in [0.5, 0.6) is 5.75 Å². The van der Waals surface area contributed by atoms with Crippen molar-refractivity contribution in [1.82, 2.24) is 5.32 Å². The van der Waals surface area contributed by atoms with Crippen LogP contribution in [0.4, 0.5) is 0 Å². The van der Waals surface area contributed by atoms with Crippen LogP contribution >= 0.6 is 11.3 Å². The molecule has 0 aliphatic rings. The maximum atomic E-state index is 5.78. The molecule has 0 aliphatic carbocycles. The summed E-state index contributed by atoms with van der Waals surface area (Å²) in [5, 5.41) is 5.48. The van der Waals surface area contributed by atoms with E-state index in [0.29, 0.717) is 12.6 Å². The molecule has 3 heteroatoms. The summed E-state index contributed by atoms with van der Waals surface area (Å²) < 4.78 is 5.78. The lowest BCUT2D eigenvalue weighted by Gasteiger charge is -2.10. The largest absolute Gasteiger partial charge is 0.488 e. The van der Waals surface area contributed by atoms with Crippen LogP contribution in [0.3, 0.4) is 0 Å². The van der Waals surface area contributed by atoms with Gasteiger partial charge in [-0.05, 0) is 29.1 Å². The Hall–Kier alpha value is -1.32. The summed E-state index contributed by atoms with van der Waals surface area (Å²) in [5.41, 5.74) is 1.26. The molecule has 1 aromatic carbocycles. The van der Waals surface area contributed by atoms with E-state index in [2.05, 4.69) is 42.7 Å². The Morgan fingerprint density at radius 3 is 2.83 bits per heavy atom. The molecule has 0 aliphatic heterocycles. The highest BCUT2D eigenvalue weighted by atomic mass is 32.1. The summed E-state index contributed by atoms with van der Waals surface area (Å²) in [4.78, 5) is 1.25. The van der Waals surface area contributed by atoms with Crippen molar-refractivity contribution in [3.63, 3.8) is 0 Å². The molecule has 2 aromatic rings. The predicted molar refractivity (Wildman–Crippen MR) is 77.1 cm³/mol. The molecule has 0 saturated carbocycles. The van der Waals surface area contributed by atoms with Gasteiger partial charge < -0.3 is 10.1 Å². The van der Waals surface area contributed by atoms with E-state index in [1.54, 1.807) is 11.3 Å². The molecule has 0 amide bonds. The van der Waals surface area contributed by atoms with Gasteiger partial charge in [0.15, 0.2) is 0 Å². The van der Waals surface area contributed by atoms with Gasteiger partial charge in [-0.2, -0.15) is 0 Å². The van der Waals surface area contributed by atoms with E-state index in [9.17, 15) is 0 Å². The maximum absolute atomic E-state index is 5.78. The van der Waals surface area contributed by atoms with Crippen LogP contribution < -0.4 is 10.1 Å². The van der Waals surface area contributed by atoms with Crippen molar-refractivity contribution in [3.05, 3.63) is 52.2 Å². The Morgan fingerprint density at radius 2 is 2.11 bits per heavy atom. The molecular formula is C15H19NOS. The quantitative estimate of drug-likeness (QED) is 0.853. The molecular weight excluding hydrogens is 242 g/mol. The van der Waals surface area contributed by atoms with Gasteiger partial charge in [0, 0.05) is 17.5 Å². The third-order valence-corrected chi connectivity index (χ3v) is 3.42. The molecule has 0 atom stereocenters. The Morgan fingerprint density at radius 1 is 1.22 bits per heavy atom. The summed E-state index contributed by atoms with van der Waals surface area (Å²) in [5.74, 6) is 0.937. The monoisotopic (exact) mass is 261 g/mol. The fourth-order valence-corrected chi connectivity index (χ4v) is 2.23. The van der Waals surface area contributed by atoms with Crippen LogP contribution in [0.1, 0.15) is 24.3 Å². The maximum Gasteiger partial charge on any atom is 0.122 e. The van der Waals surface area contributed by atoms with Crippen molar-refractivity contribution >= 4 is 11.3 Å². The molecule has 96 valence electrons. The topological polar surface area (TPSA) is 21.3 Å². The lowest BCUT2D eigenvalue weighted by Crippen LogP contribution is -2.21. The van der Waals surface area contributed by atoms with Crippen molar-refractivity contribution in [2.45, 2.75) is 33.0 Å². The zero-order valence-electron chi connectivity index (χ0n) is 10.8. The van der Waals surface area contributed by atoms with Gasteiger partial charge in [-0.3, -0.25) is 0 Å². The molecule has 2 rings (SSSR count). The second-order valence-corrected chi connectivity index (χ2v) is 5.58. The van der Waals surface area contributed by atoms with Crippen molar-refractivity contribution in [1.29, 1.82) is 0 Å². The van der Waals surface area contributed by atoms with Crippen molar-refractivity contribution in [3.8, 4) is 5.75 Å². The van der Waals surface area contributed by atoms with Crippen LogP contribution in [-0.4, -0.2) is 6.04 Å². The zero-order valence-corrected chi connectivity index (χ0v) is 11.7. The molecule has 0 radical (unpaired) electrons. The number of hydrogen-bond donors (Lipinski definition) is 1. The highest BCUT2D eigenvalue weighted by Gasteiger charge is 2.00. The van der Waals surface area contributed by atoms with Crippen LogP contribution in [0.25, 0.3) is 0 Å². The van der Waals surface area contributed by atoms with Gasteiger partial charge in [-0.15, -0.1) is 11.3 Å². The Balaban J connectivity index is 1.90. The van der Waals surface area contributed by atoms with E-state index in [1.165, 1.54) is 10.4 Å². The fraction of sp³-hybridized carbons (Fsp3) is 0.333. The van der Waals surface area contributed by atoms with Crippen molar-refractivity contribution in [2.24, 2.45) is 0 Å².